The second kappa shape index (κ2) is 26.5. The Bertz CT molecular complexity index is 1840. The number of benzene rings is 1. The zero-order valence-electron chi connectivity index (χ0n) is 41.6. The molecule has 1 N–H and O–H groups in total. The number of oxime groups is 1. The van der Waals surface area contributed by atoms with E-state index in [1.807, 2.05) is 91.4 Å². The molecule has 4 fully saturated rings. The first-order valence-electron chi connectivity index (χ1n) is 25.1. The molecule has 2 bridgehead atoms. The number of ether oxygens (including phenoxy) is 1. The number of rotatable bonds is 27. The third-order valence-corrected chi connectivity index (χ3v) is 17.9. The van der Waals surface area contributed by atoms with E-state index in [0.29, 0.717) is 19.6 Å². The highest BCUT2D eigenvalue weighted by Crippen LogP contribution is 2.44. The number of aliphatic carboxylic acids is 1. The molecule has 1 aromatic carbocycles. The first-order valence-corrected chi connectivity index (χ1v) is 27.4. The molecule has 374 valence electrons. The molecule has 1 aromatic rings. The summed E-state index contributed by atoms with van der Waals surface area (Å²) in [6, 6.07) is 8.26. The predicted molar refractivity (Wildman–Crippen MR) is 267 cm³/mol. The molecule has 3 saturated heterocycles. The third-order valence-electron chi connectivity index (χ3n) is 15.5. The monoisotopic (exact) mass is 969 g/mol. The van der Waals surface area contributed by atoms with Crippen molar-refractivity contribution in [2.24, 2.45) is 46.6 Å². The molecule has 3 aliphatic heterocycles. The van der Waals surface area contributed by atoms with Crippen molar-refractivity contribution in [3.63, 3.8) is 0 Å². The van der Waals surface area contributed by atoms with Gasteiger partial charge in [0.2, 0.25) is 17.7 Å². The van der Waals surface area contributed by atoms with Crippen molar-refractivity contribution >= 4 is 64.5 Å². The van der Waals surface area contributed by atoms with Gasteiger partial charge in [-0.1, -0.05) is 83.5 Å². The van der Waals surface area contributed by atoms with Gasteiger partial charge in [-0.15, -0.1) is 23.5 Å². The van der Waals surface area contributed by atoms with Gasteiger partial charge in [0.25, 0.3) is 0 Å². The fraction of sp³-hybridized carbons (Fsp3) is 0.750. The number of carbonyl (C=O) groups excluding carboxylic acids is 5. The Kier molecular flexibility index (Phi) is 21.6. The van der Waals surface area contributed by atoms with Crippen LogP contribution in [0.5, 0.6) is 0 Å². The number of thioether (sulfide) groups is 2. The predicted octanol–water partition coefficient (Wildman–Crippen LogP) is 8.41. The smallest absolute Gasteiger partial charge is 0.307 e. The summed E-state index contributed by atoms with van der Waals surface area (Å²) in [5, 5.41) is 15.4. The van der Waals surface area contributed by atoms with Gasteiger partial charge in [0.15, 0.2) is 5.78 Å². The van der Waals surface area contributed by atoms with E-state index >= 15 is 0 Å². The molecule has 0 aromatic heterocycles. The van der Waals surface area contributed by atoms with Crippen molar-refractivity contribution < 1.29 is 43.4 Å². The number of carboxylic acids is 1. The molecule has 1 saturated carbocycles. The number of fused-ring (bicyclic) bond motifs is 2. The summed E-state index contributed by atoms with van der Waals surface area (Å²) in [5.41, 5.74) is 1.95. The van der Waals surface area contributed by atoms with Crippen LogP contribution in [0.15, 0.2) is 35.5 Å². The van der Waals surface area contributed by atoms with E-state index in [0.717, 1.165) is 85.7 Å². The SMILES string of the molecule is CC[C@H](C)[C@@H]([C@@H](CC(=O)N1CCC[C@H]1[C@H](C)[C@@H](C)C(=O)C[C@@H](Cc1ccccc1)C(=O)O)OC)N(C)C(=O)[C@@H](CC(=O)[C@@H]1[C@H]2CC[C@H](C2)N1C(=O)CCCCCON=C1CSCSC1)C(C)C. The lowest BCUT2D eigenvalue weighted by Gasteiger charge is -2.41. The van der Waals surface area contributed by atoms with Crippen molar-refractivity contribution in [3.8, 4) is 0 Å². The first-order chi connectivity index (χ1) is 32.1. The zero-order chi connectivity index (χ0) is 48.8. The number of likely N-dealkylation sites (N-methyl/N-ethyl adjacent to an activating group) is 1. The molecule has 0 radical (unpaired) electrons. The highest BCUT2D eigenvalue weighted by molar-refractivity contribution is 8.17. The number of unbranched alkanes of at least 4 members (excludes halogenated alkanes) is 2. The summed E-state index contributed by atoms with van der Waals surface area (Å²) >= 11 is 3.70. The van der Waals surface area contributed by atoms with Crippen molar-refractivity contribution in [3.05, 3.63) is 35.9 Å². The second-order valence-corrected chi connectivity index (χ2v) is 22.6. The van der Waals surface area contributed by atoms with Crippen LogP contribution in [-0.2, 0) is 44.8 Å². The van der Waals surface area contributed by atoms with E-state index in [4.69, 9.17) is 9.57 Å². The molecule has 67 heavy (non-hydrogen) atoms. The van der Waals surface area contributed by atoms with Crippen LogP contribution in [-0.4, -0.2) is 135 Å². The highest BCUT2D eigenvalue weighted by atomic mass is 32.2. The van der Waals surface area contributed by atoms with Crippen molar-refractivity contribution in [1.82, 2.24) is 14.7 Å². The molecule has 11 atom stereocenters. The van der Waals surface area contributed by atoms with E-state index in [1.165, 1.54) is 0 Å². The number of carbonyl (C=O) groups is 6. The molecule has 5 rings (SSSR count). The van der Waals surface area contributed by atoms with Gasteiger partial charge in [-0.3, -0.25) is 28.8 Å². The normalized spacial score (nSPS) is 23.6. The molecule has 3 heterocycles. The summed E-state index contributed by atoms with van der Waals surface area (Å²) in [6.45, 7) is 13.0. The Hall–Kier alpha value is -3.43. The number of piperidine rings is 1. The Morgan fingerprint density at radius 1 is 0.910 bits per heavy atom. The van der Waals surface area contributed by atoms with Gasteiger partial charge in [-0.25, -0.2) is 0 Å². The quantitative estimate of drug-likeness (QED) is 0.0666. The Labute approximate surface area is 409 Å². The van der Waals surface area contributed by atoms with Gasteiger partial charge in [0, 0.05) is 80.5 Å². The highest BCUT2D eigenvalue weighted by Gasteiger charge is 2.51. The molecular formula is C52H80N4O9S2. The Morgan fingerprint density at radius 2 is 1.63 bits per heavy atom. The van der Waals surface area contributed by atoms with Gasteiger partial charge < -0.3 is 29.4 Å². The van der Waals surface area contributed by atoms with Crippen LogP contribution in [0.2, 0.25) is 0 Å². The lowest BCUT2D eigenvalue weighted by atomic mass is 9.81. The molecule has 13 nitrogen and oxygen atoms in total. The summed E-state index contributed by atoms with van der Waals surface area (Å²) < 4.78 is 6.12. The number of carboxylic acid groups (broad SMARTS) is 1. The summed E-state index contributed by atoms with van der Waals surface area (Å²) in [5.74, 6) is -1.72. The van der Waals surface area contributed by atoms with Gasteiger partial charge in [-0.05, 0) is 87.0 Å². The van der Waals surface area contributed by atoms with Gasteiger partial charge >= 0.3 is 5.97 Å². The number of hydrogen-bond donors (Lipinski definition) is 1. The van der Waals surface area contributed by atoms with E-state index in [9.17, 15) is 33.9 Å². The zero-order valence-corrected chi connectivity index (χ0v) is 43.2. The van der Waals surface area contributed by atoms with E-state index < -0.39 is 41.9 Å². The lowest BCUT2D eigenvalue weighted by Crippen LogP contribution is -2.54. The van der Waals surface area contributed by atoms with Crippen LogP contribution in [0.3, 0.4) is 0 Å². The minimum absolute atomic E-state index is 0.0262. The molecule has 4 aliphatic rings. The minimum atomic E-state index is -0.996. The maximum Gasteiger partial charge on any atom is 0.307 e. The molecule has 15 heteroatoms. The number of Topliss-reactive ketones (excluding diaryl/α,β-unsaturated/α-hetero) is 2. The van der Waals surface area contributed by atoms with E-state index in [1.54, 1.807) is 19.1 Å². The van der Waals surface area contributed by atoms with Gasteiger partial charge in [-0.2, -0.15) is 0 Å². The largest absolute Gasteiger partial charge is 0.481 e. The third kappa shape index (κ3) is 14.6. The molecule has 1 aliphatic carbocycles. The number of hydrogen-bond acceptors (Lipinski definition) is 11. The maximum atomic E-state index is 14.7. The van der Waals surface area contributed by atoms with Gasteiger partial charge in [0.1, 0.15) is 12.4 Å². The summed E-state index contributed by atoms with van der Waals surface area (Å²) in [6.07, 6.45) is 7.32. The molecule has 0 unspecified atom stereocenters. The van der Waals surface area contributed by atoms with Crippen molar-refractivity contribution in [1.29, 1.82) is 0 Å². The van der Waals surface area contributed by atoms with Crippen LogP contribution < -0.4 is 0 Å². The summed E-state index contributed by atoms with van der Waals surface area (Å²) in [7, 11) is 3.35. The average molecular weight is 969 g/mol. The fourth-order valence-corrected chi connectivity index (χ4v) is 13.2. The molecule has 3 amide bonds. The Balaban J connectivity index is 1.19. The summed E-state index contributed by atoms with van der Waals surface area (Å²) in [4.78, 5) is 94.2. The van der Waals surface area contributed by atoms with Crippen LogP contribution in [0.4, 0.5) is 0 Å². The van der Waals surface area contributed by atoms with Crippen molar-refractivity contribution in [2.75, 3.05) is 43.9 Å². The van der Waals surface area contributed by atoms with E-state index in [2.05, 4.69) is 19.0 Å². The molecular weight excluding hydrogens is 889 g/mol. The Morgan fingerprint density at radius 3 is 2.28 bits per heavy atom. The average Bonchev–Trinajstić information content (AvgIpc) is 4.10. The topological polar surface area (TPSA) is 163 Å². The van der Waals surface area contributed by atoms with Gasteiger partial charge in [0.05, 0.1) is 36.2 Å². The van der Waals surface area contributed by atoms with Crippen LogP contribution in [0.25, 0.3) is 0 Å². The number of amides is 3. The second-order valence-electron chi connectivity index (χ2n) is 20.3. The van der Waals surface area contributed by atoms with E-state index in [-0.39, 0.29) is 90.7 Å². The molecule has 0 spiro atoms. The lowest BCUT2D eigenvalue weighted by molar-refractivity contribution is -0.149. The fourth-order valence-electron chi connectivity index (χ4n) is 11.2. The van der Waals surface area contributed by atoms with Crippen LogP contribution >= 0.6 is 23.5 Å². The standard InChI is InChI=1S/C52H80N4O9S2/c1-9-34(4)49(46(64-8)29-48(60)55-23-16-19-43(55)35(5)36(6)44(57)27-39(52(62)63)25-37-17-12-10-13-18-37)54(7)51(61)42(33(2)3)28-45(58)50-38-21-22-41(26-38)56(50)47(59)20-14-11-15-24-65-53-40-30-66-32-67-31-40/h10,12-13,17-18,33-36,38-39,41-43,46,49-50H,9,11,14-16,19-32H2,1-8H3,(H,62,63)/t34-,35+,36+,38-,39+,41+,42-,43-,46+,49-,50-/m0/s1. The minimum Gasteiger partial charge on any atom is -0.481 e. The van der Waals surface area contributed by atoms with Crippen molar-refractivity contribution in [2.45, 2.75) is 162 Å². The van der Waals surface area contributed by atoms with Crippen LogP contribution in [0.1, 0.15) is 131 Å². The number of ketones is 2. The first kappa shape index (κ1) is 54.5. The number of nitrogens with zero attached hydrogens (tertiary/aromatic N) is 4. The number of methoxy groups -OCH3 is 1. The number of likely N-dealkylation sites (tertiary alicyclic amines) is 2. The maximum absolute atomic E-state index is 14.7. The van der Waals surface area contributed by atoms with Crippen LogP contribution in [0, 0.1) is 41.4 Å².